The maximum atomic E-state index is 8.84. The average molecular weight is 244 g/mol. The highest BCUT2D eigenvalue weighted by Crippen LogP contribution is 2.13. The first kappa shape index (κ1) is 13.0. The van der Waals surface area contributed by atoms with Crippen LogP contribution in [-0.4, -0.2) is 23.2 Å². The molecule has 0 aliphatic carbocycles. The van der Waals surface area contributed by atoms with Crippen molar-refractivity contribution in [2.24, 2.45) is 5.92 Å². The van der Waals surface area contributed by atoms with Crippen LogP contribution in [0.4, 0.5) is 0 Å². The molecule has 1 aromatic carbocycles. The molecule has 1 atom stereocenters. The predicted octanol–water partition coefficient (Wildman–Crippen LogP) is 2.34. The van der Waals surface area contributed by atoms with Gasteiger partial charge in [0.25, 0.3) is 0 Å². The second-order valence-electron chi connectivity index (χ2n) is 4.78. The van der Waals surface area contributed by atoms with E-state index in [2.05, 4.69) is 41.5 Å². The summed E-state index contributed by atoms with van der Waals surface area (Å²) in [4.78, 5) is 4.31. The van der Waals surface area contributed by atoms with Gasteiger partial charge >= 0.3 is 0 Å². The van der Waals surface area contributed by atoms with E-state index < -0.39 is 0 Å². The van der Waals surface area contributed by atoms with Gasteiger partial charge in [0.15, 0.2) is 0 Å². The van der Waals surface area contributed by atoms with Crippen LogP contribution in [0.15, 0.2) is 36.5 Å². The lowest BCUT2D eigenvalue weighted by Crippen LogP contribution is -2.21. The Bertz CT molecular complexity index is 499. The van der Waals surface area contributed by atoms with E-state index in [1.807, 2.05) is 12.3 Å². The van der Waals surface area contributed by atoms with Crippen LogP contribution in [-0.2, 0) is 6.54 Å². The number of aromatic nitrogens is 1. The van der Waals surface area contributed by atoms with Gasteiger partial charge in [-0.05, 0) is 42.6 Å². The molecule has 0 aliphatic rings. The molecule has 1 heterocycles. The minimum Gasteiger partial charge on any atom is -0.396 e. The fraction of sp³-hybridized carbons (Fsp3) is 0.400. The molecule has 2 N–H and O–H groups in total. The fourth-order valence-electron chi connectivity index (χ4n) is 2.02. The molecule has 3 heteroatoms. The maximum Gasteiger partial charge on any atom is 0.0702 e. The molecule has 1 aromatic heterocycles. The molecule has 96 valence electrons. The summed E-state index contributed by atoms with van der Waals surface area (Å²) >= 11 is 0. The minimum atomic E-state index is 0.268. The van der Waals surface area contributed by atoms with Gasteiger partial charge in [0, 0.05) is 24.7 Å². The predicted molar refractivity (Wildman–Crippen MR) is 74.3 cm³/mol. The molecule has 0 saturated heterocycles. The quantitative estimate of drug-likeness (QED) is 0.820. The van der Waals surface area contributed by atoms with Gasteiger partial charge in [-0.25, -0.2) is 0 Å². The van der Waals surface area contributed by atoms with E-state index in [0.717, 1.165) is 25.0 Å². The first-order valence-corrected chi connectivity index (χ1v) is 6.45. The average Bonchev–Trinajstić information content (AvgIpc) is 2.39. The summed E-state index contributed by atoms with van der Waals surface area (Å²) in [5.41, 5.74) is 2.31. The normalized spacial score (nSPS) is 12.8. The summed E-state index contributed by atoms with van der Waals surface area (Å²) in [7, 11) is 0. The number of nitrogens with one attached hydrogen (secondary N) is 1. The summed E-state index contributed by atoms with van der Waals surface area (Å²) in [5, 5.41) is 13.4. The third-order valence-corrected chi connectivity index (χ3v) is 3.11. The SMILES string of the molecule is CC(CCO)CNCc1ccc2ncccc2c1. The van der Waals surface area contributed by atoms with E-state index in [9.17, 15) is 0 Å². The lowest BCUT2D eigenvalue weighted by molar-refractivity contribution is 0.260. The summed E-state index contributed by atoms with van der Waals surface area (Å²) in [6.45, 7) is 4.21. The van der Waals surface area contributed by atoms with Crippen molar-refractivity contribution in [1.29, 1.82) is 0 Å². The molecule has 0 spiro atoms. The van der Waals surface area contributed by atoms with Crippen LogP contribution in [0.2, 0.25) is 0 Å². The number of aliphatic hydroxyl groups excluding tert-OH is 1. The highest BCUT2D eigenvalue weighted by molar-refractivity contribution is 5.78. The Morgan fingerprint density at radius 3 is 3.06 bits per heavy atom. The zero-order valence-corrected chi connectivity index (χ0v) is 10.8. The van der Waals surface area contributed by atoms with Gasteiger partial charge in [-0.2, -0.15) is 0 Å². The van der Waals surface area contributed by atoms with Crippen molar-refractivity contribution in [3.8, 4) is 0 Å². The van der Waals surface area contributed by atoms with E-state index in [4.69, 9.17) is 5.11 Å². The smallest absolute Gasteiger partial charge is 0.0702 e. The van der Waals surface area contributed by atoms with Crippen LogP contribution < -0.4 is 5.32 Å². The Kier molecular flexibility index (Phi) is 4.67. The van der Waals surface area contributed by atoms with Gasteiger partial charge in [0.2, 0.25) is 0 Å². The van der Waals surface area contributed by atoms with Crippen molar-refractivity contribution in [3.63, 3.8) is 0 Å². The molecular formula is C15H20N2O. The third-order valence-electron chi connectivity index (χ3n) is 3.11. The first-order chi connectivity index (χ1) is 8.79. The van der Waals surface area contributed by atoms with Crippen molar-refractivity contribution in [1.82, 2.24) is 10.3 Å². The number of fused-ring (bicyclic) bond motifs is 1. The van der Waals surface area contributed by atoms with Crippen molar-refractivity contribution in [2.45, 2.75) is 19.9 Å². The van der Waals surface area contributed by atoms with E-state index in [0.29, 0.717) is 5.92 Å². The lowest BCUT2D eigenvalue weighted by Gasteiger charge is -2.11. The Morgan fingerprint density at radius 2 is 2.22 bits per heavy atom. The van der Waals surface area contributed by atoms with Crippen LogP contribution >= 0.6 is 0 Å². The number of nitrogens with zero attached hydrogens (tertiary/aromatic N) is 1. The summed E-state index contributed by atoms with van der Waals surface area (Å²) < 4.78 is 0. The molecule has 2 aromatic rings. The molecule has 0 saturated carbocycles. The fourth-order valence-corrected chi connectivity index (χ4v) is 2.02. The first-order valence-electron chi connectivity index (χ1n) is 6.45. The monoisotopic (exact) mass is 244 g/mol. The van der Waals surface area contributed by atoms with Crippen LogP contribution in [0.1, 0.15) is 18.9 Å². The van der Waals surface area contributed by atoms with Crippen LogP contribution in [0.25, 0.3) is 10.9 Å². The lowest BCUT2D eigenvalue weighted by atomic mass is 10.1. The Balaban J connectivity index is 1.91. The molecular weight excluding hydrogens is 224 g/mol. The number of pyridine rings is 1. The van der Waals surface area contributed by atoms with Gasteiger partial charge in [0.05, 0.1) is 5.52 Å². The van der Waals surface area contributed by atoms with E-state index in [1.165, 1.54) is 10.9 Å². The van der Waals surface area contributed by atoms with Gasteiger partial charge < -0.3 is 10.4 Å². The zero-order valence-electron chi connectivity index (χ0n) is 10.8. The standard InChI is InChI=1S/C15H20N2O/c1-12(6-8-18)10-16-11-13-4-5-15-14(9-13)3-2-7-17-15/h2-5,7,9,12,16,18H,6,8,10-11H2,1H3. The van der Waals surface area contributed by atoms with Crippen molar-refractivity contribution < 1.29 is 5.11 Å². The zero-order chi connectivity index (χ0) is 12.8. The number of benzene rings is 1. The van der Waals surface area contributed by atoms with Crippen molar-refractivity contribution >= 4 is 10.9 Å². The molecule has 3 nitrogen and oxygen atoms in total. The molecule has 0 fully saturated rings. The largest absolute Gasteiger partial charge is 0.396 e. The van der Waals surface area contributed by atoms with Gasteiger partial charge in [-0.1, -0.05) is 19.1 Å². The summed E-state index contributed by atoms with van der Waals surface area (Å²) in [6.07, 6.45) is 2.67. The minimum absolute atomic E-state index is 0.268. The van der Waals surface area contributed by atoms with Gasteiger partial charge in [-0.15, -0.1) is 0 Å². The van der Waals surface area contributed by atoms with Crippen LogP contribution in [0, 0.1) is 5.92 Å². The number of rotatable bonds is 6. The topological polar surface area (TPSA) is 45.1 Å². The van der Waals surface area contributed by atoms with Crippen molar-refractivity contribution in [2.75, 3.05) is 13.2 Å². The summed E-state index contributed by atoms with van der Waals surface area (Å²) in [5.74, 6) is 0.511. The molecule has 0 aliphatic heterocycles. The van der Waals surface area contributed by atoms with Crippen molar-refractivity contribution in [3.05, 3.63) is 42.1 Å². The van der Waals surface area contributed by atoms with E-state index in [1.54, 1.807) is 0 Å². The second-order valence-corrected chi connectivity index (χ2v) is 4.78. The molecule has 2 rings (SSSR count). The van der Waals surface area contributed by atoms with Crippen LogP contribution in [0.3, 0.4) is 0 Å². The van der Waals surface area contributed by atoms with Crippen LogP contribution in [0.5, 0.6) is 0 Å². The Hall–Kier alpha value is -1.45. The van der Waals surface area contributed by atoms with Gasteiger partial charge in [-0.3, -0.25) is 4.98 Å². The molecule has 1 unspecified atom stereocenters. The highest BCUT2D eigenvalue weighted by atomic mass is 16.3. The molecule has 0 amide bonds. The molecule has 0 bridgehead atoms. The molecule has 18 heavy (non-hydrogen) atoms. The summed E-state index contributed by atoms with van der Waals surface area (Å²) in [6, 6.07) is 10.4. The number of hydrogen-bond acceptors (Lipinski definition) is 3. The number of aliphatic hydroxyl groups is 1. The molecule has 0 radical (unpaired) electrons. The van der Waals surface area contributed by atoms with E-state index in [-0.39, 0.29) is 6.61 Å². The van der Waals surface area contributed by atoms with E-state index >= 15 is 0 Å². The highest BCUT2D eigenvalue weighted by Gasteiger charge is 2.01. The van der Waals surface area contributed by atoms with Gasteiger partial charge in [0.1, 0.15) is 0 Å². The third kappa shape index (κ3) is 3.52. The second kappa shape index (κ2) is 6.47. The Labute approximate surface area is 108 Å². The Morgan fingerprint density at radius 1 is 1.33 bits per heavy atom. The number of hydrogen-bond donors (Lipinski definition) is 2. The maximum absolute atomic E-state index is 8.84.